The molecule has 0 radical (unpaired) electrons. The third kappa shape index (κ3) is 2.06. The van der Waals surface area contributed by atoms with Crippen LogP contribution in [0.1, 0.15) is 36.6 Å². The van der Waals surface area contributed by atoms with E-state index in [1.165, 1.54) is 24.3 Å². The maximum atomic E-state index is 10.1. The van der Waals surface area contributed by atoms with Gasteiger partial charge in [0.15, 0.2) is 17.6 Å². The lowest BCUT2D eigenvalue weighted by molar-refractivity contribution is -0.140. The molecule has 0 amide bonds. The van der Waals surface area contributed by atoms with E-state index in [9.17, 15) is 20.4 Å². The minimum Gasteiger partial charge on any atom is -0.508 e. The first-order chi connectivity index (χ1) is 11.3. The van der Waals surface area contributed by atoms with Gasteiger partial charge in [-0.25, -0.2) is 0 Å². The number of rotatable bonds is 0. The molecule has 126 valence electrons. The standard InChI is InChI=1S/C18H18O6/c1-18(2)11-7-14(22)13(21)5-9(11)17-16(24-18)6-10-12(20)3-8(19)4-15(10)23-17/h3-5,7,16-17,19-22H,6H2,1-2H3/t16?,17-/m1/s1. The van der Waals surface area contributed by atoms with Crippen LogP contribution in [-0.2, 0) is 16.8 Å². The Labute approximate surface area is 138 Å². The van der Waals surface area contributed by atoms with Crippen LogP contribution in [-0.4, -0.2) is 26.5 Å². The fourth-order valence-corrected chi connectivity index (χ4v) is 3.61. The molecule has 6 heteroatoms. The van der Waals surface area contributed by atoms with Crippen molar-refractivity contribution in [2.45, 2.75) is 38.1 Å². The Morgan fingerprint density at radius 3 is 2.42 bits per heavy atom. The van der Waals surface area contributed by atoms with E-state index in [0.717, 1.165) is 11.1 Å². The first kappa shape index (κ1) is 15.0. The Morgan fingerprint density at radius 1 is 0.958 bits per heavy atom. The number of phenolic OH excluding ortho intramolecular Hbond substituents is 4. The van der Waals surface area contributed by atoms with Crippen LogP contribution in [0.25, 0.3) is 0 Å². The number of benzene rings is 2. The third-order valence-corrected chi connectivity index (χ3v) is 4.71. The van der Waals surface area contributed by atoms with Gasteiger partial charge in [-0.15, -0.1) is 0 Å². The quantitative estimate of drug-likeness (QED) is 0.554. The number of phenols is 4. The molecule has 2 heterocycles. The number of fused-ring (bicyclic) bond motifs is 4. The zero-order valence-electron chi connectivity index (χ0n) is 13.3. The maximum absolute atomic E-state index is 10.1. The monoisotopic (exact) mass is 330 g/mol. The van der Waals surface area contributed by atoms with Gasteiger partial charge in [0, 0.05) is 29.7 Å². The highest BCUT2D eigenvalue weighted by Gasteiger charge is 2.45. The molecule has 0 saturated heterocycles. The first-order valence-electron chi connectivity index (χ1n) is 7.72. The molecule has 0 saturated carbocycles. The average Bonchev–Trinajstić information content (AvgIpc) is 2.48. The van der Waals surface area contributed by atoms with Gasteiger partial charge in [-0.2, -0.15) is 0 Å². The lowest BCUT2D eigenvalue weighted by atomic mass is 9.82. The summed E-state index contributed by atoms with van der Waals surface area (Å²) in [5, 5.41) is 39.5. The highest BCUT2D eigenvalue weighted by atomic mass is 16.6. The zero-order valence-corrected chi connectivity index (χ0v) is 13.3. The molecule has 0 spiro atoms. The van der Waals surface area contributed by atoms with E-state index in [0.29, 0.717) is 17.7 Å². The summed E-state index contributed by atoms with van der Waals surface area (Å²) in [6, 6.07) is 5.69. The average molecular weight is 330 g/mol. The highest BCUT2D eigenvalue weighted by Crippen LogP contribution is 2.50. The summed E-state index contributed by atoms with van der Waals surface area (Å²) in [7, 11) is 0. The molecule has 2 aliphatic heterocycles. The van der Waals surface area contributed by atoms with Crippen LogP contribution in [0.15, 0.2) is 24.3 Å². The second kappa shape index (κ2) is 4.70. The molecule has 0 aliphatic carbocycles. The molecule has 2 aliphatic rings. The van der Waals surface area contributed by atoms with Crippen LogP contribution < -0.4 is 4.74 Å². The van der Waals surface area contributed by atoms with Gasteiger partial charge in [-0.1, -0.05) is 0 Å². The summed E-state index contributed by atoms with van der Waals surface area (Å²) in [6.07, 6.45) is -0.455. The van der Waals surface area contributed by atoms with Gasteiger partial charge in [0.25, 0.3) is 0 Å². The minimum atomic E-state index is -0.685. The van der Waals surface area contributed by atoms with Crippen molar-refractivity contribution in [3.8, 4) is 28.7 Å². The SMILES string of the molecule is CC1(C)OC2Cc3c(O)cc(O)cc3O[C@@H]2c2cc(O)c(O)cc21. The van der Waals surface area contributed by atoms with Gasteiger partial charge < -0.3 is 29.9 Å². The molecule has 4 N–H and O–H groups in total. The summed E-state index contributed by atoms with van der Waals surface area (Å²) >= 11 is 0. The topological polar surface area (TPSA) is 99.4 Å². The van der Waals surface area contributed by atoms with Gasteiger partial charge in [0.05, 0.1) is 5.60 Å². The Morgan fingerprint density at radius 2 is 1.67 bits per heavy atom. The van der Waals surface area contributed by atoms with Crippen molar-refractivity contribution in [1.29, 1.82) is 0 Å². The molecule has 2 atom stereocenters. The second-order valence-corrected chi connectivity index (χ2v) is 6.78. The highest BCUT2D eigenvalue weighted by molar-refractivity contribution is 5.54. The van der Waals surface area contributed by atoms with Crippen LogP contribution in [0.5, 0.6) is 28.7 Å². The Hall–Kier alpha value is -2.60. The predicted molar refractivity (Wildman–Crippen MR) is 84.5 cm³/mol. The van der Waals surface area contributed by atoms with E-state index in [2.05, 4.69) is 0 Å². The lowest BCUT2D eigenvalue weighted by Crippen LogP contribution is -2.44. The van der Waals surface area contributed by atoms with Crippen molar-refractivity contribution >= 4 is 0 Å². The molecular weight excluding hydrogens is 312 g/mol. The molecule has 4 rings (SSSR count). The molecule has 0 aromatic heterocycles. The van der Waals surface area contributed by atoms with Gasteiger partial charge in [0.1, 0.15) is 23.4 Å². The largest absolute Gasteiger partial charge is 0.508 e. The lowest BCUT2D eigenvalue weighted by Gasteiger charge is -2.45. The molecule has 0 fully saturated rings. The van der Waals surface area contributed by atoms with E-state index < -0.39 is 11.7 Å². The molecular formula is C18H18O6. The van der Waals surface area contributed by atoms with Crippen LogP contribution in [0.2, 0.25) is 0 Å². The Bertz CT molecular complexity index is 842. The Balaban J connectivity index is 1.87. The van der Waals surface area contributed by atoms with Crippen LogP contribution in [0.4, 0.5) is 0 Å². The van der Waals surface area contributed by atoms with Crippen molar-refractivity contribution < 1.29 is 29.9 Å². The van der Waals surface area contributed by atoms with Gasteiger partial charge >= 0.3 is 0 Å². The number of hydrogen-bond donors (Lipinski definition) is 4. The van der Waals surface area contributed by atoms with E-state index >= 15 is 0 Å². The van der Waals surface area contributed by atoms with Crippen LogP contribution >= 0.6 is 0 Å². The summed E-state index contributed by atoms with van der Waals surface area (Å²) in [5.74, 6) is -0.177. The summed E-state index contributed by atoms with van der Waals surface area (Å²) in [6.45, 7) is 3.76. The van der Waals surface area contributed by atoms with Gasteiger partial charge in [-0.05, 0) is 31.5 Å². The van der Waals surface area contributed by atoms with Crippen LogP contribution in [0.3, 0.4) is 0 Å². The number of ether oxygens (including phenoxy) is 2. The molecule has 2 aromatic carbocycles. The molecule has 6 nitrogen and oxygen atoms in total. The molecule has 24 heavy (non-hydrogen) atoms. The summed E-state index contributed by atoms with van der Waals surface area (Å²) < 4.78 is 12.1. The van der Waals surface area contributed by atoms with Crippen molar-refractivity contribution in [2.24, 2.45) is 0 Å². The van der Waals surface area contributed by atoms with E-state index in [4.69, 9.17) is 9.47 Å². The molecule has 0 bridgehead atoms. The number of aromatic hydroxyl groups is 4. The smallest absolute Gasteiger partial charge is 0.157 e. The first-order valence-corrected chi connectivity index (χ1v) is 7.72. The van der Waals surface area contributed by atoms with E-state index in [1.54, 1.807) is 0 Å². The minimum absolute atomic E-state index is 0.0378. The molecule has 1 unspecified atom stereocenters. The maximum Gasteiger partial charge on any atom is 0.157 e. The van der Waals surface area contributed by atoms with Gasteiger partial charge in [0.2, 0.25) is 0 Å². The Kier molecular flexibility index (Phi) is 2.93. The predicted octanol–water partition coefficient (Wildman–Crippen LogP) is 2.82. The molecule has 2 aromatic rings. The second-order valence-electron chi connectivity index (χ2n) is 6.78. The van der Waals surface area contributed by atoms with Crippen molar-refractivity contribution in [3.05, 3.63) is 41.0 Å². The van der Waals surface area contributed by atoms with Crippen LogP contribution in [0, 0.1) is 0 Å². The van der Waals surface area contributed by atoms with Crippen molar-refractivity contribution in [2.75, 3.05) is 0 Å². The van der Waals surface area contributed by atoms with E-state index in [-0.39, 0.29) is 29.1 Å². The van der Waals surface area contributed by atoms with Gasteiger partial charge in [-0.3, -0.25) is 0 Å². The zero-order chi connectivity index (χ0) is 17.2. The van der Waals surface area contributed by atoms with Crippen molar-refractivity contribution in [1.82, 2.24) is 0 Å². The number of hydrogen-bond acceptors (Lipinski definition) is 6. The fraction of sp³-hybridized carbons (Fsp3) is 0.333. The third-order valence-electron chi connectivity index (χ3n) is 4.71. The fourth-order valence-electron chi connectivity index (χ4n) is 3.61. The van der Waals surface area contributed by atoms with Crippen molar-refractivity contribution in [3.63, 3.8) is 0 Å². The normalized spacial score (nSPS) is 23.6. The summed E-state index contributed by atoms with van der Waals surface area (Å²) in [5.41, 5.74) is 1.35. The van der Waals surface area contributed by atoms with E-state index in [1.807, 2.05) is 13.8 Å². The summed E-state index contributed by atoms with van der Waals surface area (Å²) in [4.78, 5) is 0.